The second-order valence-corrected chi connectivity index (χ2v) is 6.50. The number of rotatable bonds is 7. The van der Waals surface area contributed by atoms with E-state index in [0.29, 0.717) is 11.6 Å². The van der Waals surface area contributed by atoms with Gasteiger partial charge in [-0.15, -0.1) is 0 Å². The van der Waals surface area contributed by atoms with Crippen LogP contribution in [0.4, 0.5) is 0 Å². The molecule has 0 bridgehead atoms. The minimum Gasteiger partial charge on any atom is -0.349 e. The van der Waals surface area contributed by atoms with Crippen molar-refractivity contribution in [2.45, 2.75) is 13.0 Å². The molecule has 0 aliphatic heterocycles. The first-order valence-electron chi connectivity index (χ1n) is 6.62. The minimum absolute atomic E-state index is 0.0623. The number of H-pyrrole nitrogens is 1. The molecule has 2 aromatic rings. The van der Waals surface area contributed by atoms with Gasteiger partial charge in [0.05, 0.1) is 12.8 Å². The fourth-order valence-electron chi connectivity index (χ4n) is 1.71. The number of aromatic amines is 1. The molecule has 2 rings (SSSR count). The first-order chi connectivity index (χ1) is 10.4. The van der Waals surface area contributed by atoms with Gasteiger partial charge in [0.1, 0.15) is 5.82 Å². The monoisotopic (exact) mass is 323 g/mol. The Morgan fingerprint density at radius 2 is 2.00 bits per heavy atom. The van der Waals surface area contributed by atoms with Crippen LogP contribution in [0.25, 0.3) is 11.4 Å². The highest BCUT2D eigenvalue weighted by Crippen LogP contribution is 2.12. The van der Waals surface area contributed by atoms with Gasteiger partial charge in [-0.05, 0) is 0 Å². The van der Waals surface area contributed by atoms with E-state index in [4.69, 9.17) is 0 Å². The number of nitrogens with one attached hydrogen (secondary N) is 3. The van der Waals surface area contributed by atoms with Crippen LogP contribution < -0.4 is 10.0 Å². The number of hydrogen-bond acceptors (Lipinski definition) is 5. The lowest BCUT2D eigenvalue weighted by Crippen LogP contribution is -2.30. The fraction of sp³-hybridized carbons (Fsp3) is 0.308. The third-order valence-corrected chi connectivity index (χ3v) is 3.46. The van der Waals surface area contributed by atoms with Gasteiger partial charge in [0, 0.05) is 18.5 Å². The lowest BCUT2D eigenvalue weighted by molar-refractivity contribution is -0.121. The predicted molar refractivity (Wildman–Crippen MR) is 81.1 cm³/mol. The van der Waals surface area contributed by atoms with Crippen molar-refractivity contribution in [1.82, 2.24) is 25.2 Å². The number of hydrogen-bond donors (Lipinski definition) is 3. The first kappa shape index (κ1) is 16.1. The summed E-state index contributed by atoms with van der Waals surface area (Å²) in [5, 5.41) is 9.47. The van der Waals surface area contributed by atoms with Crippen molar-refractivity contribution in [2.75, 3.05) is 12.8 Å². The van der Waals surface area contributed by atoms with Crippen molar-refractivity contribution < 1.29 is 13.2 Å². The van der Waals surface area contributed by atoms with Crippen LogP contribution in [0.1, 0.15) is 12.2 Å². The molecule has 1 heterocycles. The molecule has 22 heavy (non-hydrogen) atoms. The van der Waals surface area contributed by atoms with Crippen LogP contribution >= 0.6 is 0 Å². The van der Waals surface area contributed by atoms with Crippen molar-refractivity contribution in [3.8, 4) is 11.4 Å². The molecule has 3 N–H and O–H groups in total. The van der Waals surface area contributed by atoms with Crippen LogP contribution in [0.15, 0.2) is 30.3 Å². The van der Waals surface area contributed by atoms with Crippen LogP contribution in [0.3, 0.4) is 0 Å². The van der Waals surface area contributed by atoms with E-state index >= 15 is 0 Å². The Hall–Kier alpha value is -2.26. The van der Waals surface area contributed by atoms with Gasteiger partial charge in [0.2, 0.25) is 15.9 Å². The number of nitrogens with zero attached hydrogens (tertiary/aromatic N) is 2. The summed E-state index contributed by atoms with van der Waals surface area (Å²) in [6, 6.07) is 9.47. The second kappa shape index (κ2) is 7.14. The molecule has 0 radical (unpaired) electrons. The van der Waals surface area contributed by atoms with E-state index in [1.165, 1.54) is 0 Å². The molecular formula is C13H17N5O3S. The highest BCUT2D eigenvalue weighted by Gasteiger charge is 2.08. The standard InChI is InChI=1S/C13H17N5O3S/c1-22(20,21)15-8-7-12(19)14-9-11-16-13(18-17-11)10-5-3-2-4-6-10/h2-6,15H,7-9H2,1H3,(H,14,19)(H,16,17,18). The summed E-state index contributed by atoms with van der Waals surface area (Å²) in [5.74, 6) is 0.820. The molecule has 0 spiro atoms. The van der Waals surface area contributed by atoms with Gasteiger partial charge < -0.3 is 5.32 Å². The molecule has 1 aromatic heterocycles. The number of sulfonamides is 1. The van der Waals surface area contributed by atoms with E-state index in [1.807, 2.05) is 30.3 Å². The van der Waals surface area contributed by atoms with Crippen molar-refractivity contribution in [2.24, 2.45) is 0 Å². The highest BCUT2D eigenvalue weighted by atomic mass is 32.2. The van der Waals surface area contributed by atoms with Gasteiger partial charge in [0.15, 0.2) is 5.82 Å². The van der Waals surface area contributed by atoms with Crippen LogP contribution in [0, 0.1) is 0 Å². The quantitative estimate of drug-likeness (QED) is 0.664. The normalized spacial score (nSPS) is 11.3. The Labute approximate surface area is 128 Å². The maximum Gasteiger partial charge on any atom is 0.221 e. The van der Waals surface area contributed by atoms with Crippen LogP contribution in [0.5, 0.6) is 0 Å². The summed E-state index contributed by atoms with van der Waals surface area (Å²) in [6.07, 6.45) is 1.11. The van der Waals surface area contributed by atoms with Crippen molar-refractivity contribution >= 4 is 15.9 Å². The number of carbonyl (C=O) groups excluding carboxylic acids is 1. The lowest BCUT2D eigenvalue weighted by atomic mass is 10.2. The number of carbonyl (C=O) groups is 1. The molecule has 0 unspecified atom stereocenters. The number of benzene rings is 1. The molecule has 0 aliphatic rings. The Morgan fingerprint density at radius 1 is 1.27 bits per heavy atom. The smallest absolute Gasteiger partial charge is 0.221 e. The molecule has 1 aromatic carbocycles. The van der Waals surface area contributed by atoms with Crippen molar-refractivity contribution in [3.63, 3.8) is 0 Å². The SMILES string of the molecule is CS(=O)(=O)NCCC(=O)NCc1nc(-c2ccccc2)n[nH]1. The molecule has 0 fully saturated rings. The highest BCUT2D eigenvalue weighted by molar-refractivity contribution is 7.88. The van der Waals surface area contributed by atoms with Crippen molar-refractivity contribution in [1.29, 1.82) is 0 Å². The van der Waals surface area contributed by atoms with E-state index in [9.17, 15) is 13.2 Å². The van der Waals surface area contributed by atoms with E-state index in [-0.39, 0.29) is 25.4 Å². The Bertz CT molecular complexity index is 727. The fourth-order valence-corrected chi connectivity index (χ4v) is 2.18. The zero-order valence-electron chi connectivity index (χ0n) is 12.0. The van der Waals surface area contributed by atoms with E-state index in [2.05, 4.69) is 25.2 Å². The summed E-state index contributed by atoms with van der Waals surface area (Å²) in [4.78, 5) is 15.9. The Balaban J connectivity index is 1.80. The third-order valence-electron chi connectivity index (χ3n) is 2.73. The van der Waals surface area contributed by atoms with E-state index < -0.39 is 10.0 Å². The average Bonchev–Trinajstić information content (AvgIpc) is 2.94. The van der Waals surface area contributed by atoms with Gasteiger partial charge in [-0.25, -0.2) is 18.1 Å². The summed E-state index contributed by atoms with van der Waals surface area (Å²) in [7, 11) is -3.27. The Kier molecular flexibility index (Phi) is 5.23. The van der Waals surface area contributed by atoms with Gasteiger partial charge in [0.25, 0.3) is 0 Å². The molecule has 118 valence electrons. The summed E-state index contributed by atoms with van der Waals surface area (Å²) in [5.41, 5.74) is 0.883. The second-order valence-electron chi connectivity index (χ2n) is 4.66. The molecule has 0 saturated carbocycles. The summed E-state index contributed by atoms with van der Waals surface area (Å²) >= 11 is 0. The number of amides is 1. The van der Waals surface area contributed by atoms with Crippen molar-refractivity contribution in [3.05, 3.63) is 36.2 Å². The summed E-state index contributed by atoms with van der Waals surface area (Å²) < 4.78 is 24.0. The van der Waals surface area contributed by atoms with Gasteiger partial charge in [-0.3, -0.25) is 9.89 Å². The van der Waals surface area contributed by atoms with Gasteiger partial charge >= 0.3 is 0 Å². The van der Waals surface area contributed by atoms with Crippen LogP contribution in [-0.4, -0.2) is 42.3 Å². The molecule has 0 saturated heterocycles. The predicted octanol–water partition coefficient (Wildman–Crippen LogP) is 0.0272. The van der Waals surface area contributed by atoms with Gasteiger partial charge in [-0.2, -0.15) is 5.10 Å². The molecule has 8 nitrogen and oxygen atoms in total. The molecule has 0 atom stereocenters. The van der Waals surface area contributed by atoms with Crippen LogP contribution in [0.2, 0.25) is 0 Å². The number of aromatic nitrogens is 3. The molecule has 1 amide bonds. The lowest BCUT2D eigenvalue weighted by Gasteiger charge is -2.03. The molecular weight excluding hydrogens is 306 g/mol. The van der Waals surface area contributed by atoms with Gasteiger partial charge in [-0.1, -0.05) is 30.3 Å². The molecule has 9 heteroatoms. The maximum atomic E-state index is 11.6. The zero-order valence-corrected chi connectivity index (χ0v) is 12.9. The third kappa shape index (κ3) is 5.26. The minimum atomic E-state index is -3.27. The largest absolute Gasteiger partial charge is 0.349 e. The average molecular weight is 323 g/mol. The molecule has 0 aliphatic carbocycles. The topological polar surface area (TPSA) is 117 Å². The Morgan fingerprint density at radius 3 is 2.68 bits per heavy atom. The first-order valence-corrected chi connectivity index (χ1v) is 8.51. The zero-order chi connectivity index (χ0) is 16.0. The van der Waals surface area contributed by atoms with E-state index in [0.717, 1.165) is 11.8 Å². The van der Waals surface area contributed by atoms with Crippen LogP contribution in [-0.2, 0) is 21.4 Å². The maximum absolute atomic E-state index is 11.6. The van der Waals surface area contributed by atoms with E-state index in [1.54, 1.807) is 0 Å². The summed E-state index contributed by atoms with van der Waals surface area (Å²) in [6.45, 7) is 0.272.